The second kappa shape index (κ2) is 7.20. The van der Waals surface area contributed by atoms with Gasteiger partial charge in [-0.2, -0.15) is 5.10 Å². The van der Waals surface area contributed by atoms with Crippen molar-refractivity contribution in [2.75, 3.05) is 11.9 Å². The molecule has 3 N–H and O–H groups in total. The third kappa shape index (κ3) is 3.52. The molecule has 0 fully saturated rings. The Morgan fingerprint density at radius 3 is 2.58 bits per heavy atom. The van der Waals surface area contributed by atoms with Gasteiger partial charge in [0.15, 0.2) is 5.69 Å². The molecule has 1 aliphatic rings. The van der Waals surface area contributed by atoms with Gasteiger partial charge in [0.05, 0.1) is 5.56 Å². The van der Waals surface area contributed by atoms with E-state index in [2.05, 4.69) is 29.2 Å². The van der Waals surface area contributed by atoms with Gasteiger partial charge in [-0.3, -0.25) is 19.2 Å². The van der Waals surface area contributed by atoms with Crippen molar-refractivity contribution >= 4 is 28.2 Å². The number of nitrogens with two attached hydrogens (primary N) is 1. The first-order valence-electron chi connectivity index (χ1n) is 8.82. The lowest BCUT2D eigenvalue weighted by molar-refractivity contribution is 0.0999. The van der Waals surface area contributed by atoms with E-state index in [1.807, 2.05) is 13.8 Å². The number of amides is 2. The molecule has 0 aliphatic carbocycles. The summed E-state index contributed by atoms with van der Waals surface area (Å²) in [6.45, 7) is 9.95. The largest absolute Gasteiger partial charge is 0.365 e. The second-order valence-electron chi connectivity index (χ2n) is 7.12. The van der Waals surface area contributed by atoms with Crippen molar-refractivity contribution in [2.24, 2.45) is 5.73 Å². The highest BCUT2D eigenvalue weighted by atomic mass is 32.1. The van der Waals surface area contributed by atoms with E-state index < -0.39 is 5.91 Å². The standard InChI is InChI=1S/C18H25N5O2S/c1-10(2)22-7-5-12-14(9-22)26-18(15(12)16(19)24)20-17(25)13-6-8-23(21-13)11(3)4/h6,8,10-11H,5,7,9H2,1-4H3,(H2,19,24)(H,20,25). The van der Waals surface area contributed by atoms with E-state index in [0.29, 0.717) is 22.3 Å². The Kier molecular flexibility index (Phi) is 5.15. The zero-order valence-corrected chi connectivity index (χ0v) is 16.4. The van der Waals surface area contributed by atoms with Crippen LogP contribution in [0.15, 0.2) is 12.3 Å². The number of aromatic nitrogens is 2. The topological polar surface area (TPSA) is 93.2 Å². The average molecular weight is 375 g/mol. The highest BCUT2D eigenvalue weighted by Gasteiger charge is 2.28. The highest BCUT2D eigenvalue weighted by Crippen LogP contribution is 2.37. The maximum Gasteiger partial charge on any atom is 0.276 e. The molecule has 0 radical (unpaired) electrons. The quantitative estimate of drug-likeness (QED) is 0.840. The third-order valence-electron chi connectivity index (χ3n) is 4.66. The van der Waals surface area contributed by atoms with E-state index in [0.717, 1.165) is 30.0 Å². The number of carbonyl (C=O) groups excluding carboxylic acids is 2. The smallest absolute Gasteiger partial charge is 0.276 e. The summed E-state index contributed by atoms with van der Waals surface area (Å²) in [6, 6.07) is 2.28. The van der Waals surface area contributed by atoms with Crippen molar-refractivity contribution in [1.29, 1.82) is 0 Å². The molecule has 0 saturated heterocycles. The first kappa shape index (κ1) is 18.6. The van der Waals surface area contributed by atoms with Crippen LogP contribution in [-0.4, -0.2) is 39.1 Å². The minimum absolute atomic E-state index is 0.175. The summed E-state index contributed by atoms with van der Waals surface area (Å²) < 4.78 is 1.73. The monoisotopic (exact) mass is 375 g/mol. The molecule has 0 atom stereocenters. The molecule has 7 nitrogen and oxygen atoms in total. The lowest BCUT2D eigenvalue weighted by Crippen LogP contribution is -2.35. The number of fused-ring (bicyclic) bond motifs is 1. The van der Waals surface area contributed by atoms with Gasteiger partial charge in [0.25, 0.3) is 11.8 Å². The molecule has 0 spiro atoms. The van der Waals surface area contributed by atoms with Gasteiger partial charge in [-0.25, -0.2) is 0 Å². The minimum Gasteiger partial charge on any atom is -0.365 e. The lowest BCUT2D eigenvalue weighted by atomic mass is 10.0. The predicted octanol–water partition coefficient (Wildman–Crippen LogP) is 2.64. The van der Waals surface area contributed by atoms with Gasteiger partial charge in [-0.15, -0.1) is 11.3 Å². The average Bonchev–Trinajstić information content (AvgIpc) is 3.18. The zero-order valence-electron chi connectivity index (χ0n) is 15.6. The second-order valence-corrected chi connectivity index (χ2v) is 8.22. The molecule has 0 unspecified atom stereocenters. The Labute approximate surface area is 157 Å². The van der Waals surface area contributed by atoms with Crippen LogP contribution in [0.2, 0.25) is 0 Å². The van der Waals surface area contributed by atoms with Crippen LogP contribution in [0.5, 0.6) is 0 Å². The van der Waals surface area contributed by atoms with Gasteiger partial charge in [-0.1, -0.05) is 0 Å². The fourth-order valence-corrected chi connectivity index (χ4v) is 4.40. The van der Waals surface area contributed by atoms with Crippen LogP contribution in [0.1, 0.15) is 65.0 Å². The normalized spacial score (nSPS) is 14.7. The maximum atomic E-state index is 12.6. The van der Waals surface area contributed by atoms with Crippen LogP contribution in [-0.2, 0) is 13.0 Å². The summed E-state index contributed by atoms with van der Waals surface area (Å²) >= 11 is 1.44. The SMILES string of the molecule is CC(C)N1CCc2c(sc(NC(=O)c3ccn(C(C)C)n3)c2C(N)=O)C1. The summed E-state index contributed by atoms with van der Waals surface area (Å²) in [4.78, 5) is 28.0. The molecule has 0 saturated carbocycles. The highest BCUT2D eigenvalue weighted by molar-refractivity contribution is 7.17. The molecule has 2 aromatic rings. The zero-order chi connectivity index (χ0) is 19.0. The van der Waals surface area contributed by atoms with Crippen molar-refractivity contribution < 1.29 is 9.59 Å². The number of hydrogen-bond acceptors (Lipinski definition) is 5. The Balaban J connectivity index is 1.87. The van der Waals surface area contributed by atoms with Gasteiger partial charge in [0.2, 0.25) is 0 Å². The number of primary amides is 1. The van der Waals surface area contributed by atoms with Crippen LogP contribution in [0.25, 0.3) is 0 Å². The van der Waals surface area contributed by atoms with Crippen LogP contribution < -0.4 is 11.1 Å². The summed E-state index contributed by atoms with van der Waals surface area (Å²) in [6.07, 6.45) is 2.54. The van der Waals surface area contributed by atoms with E-state index in [1.165, 1.54) is 11.3 Å². The molecular weight excluding hydrogens is 350 g/mol. The van der Waals surface area contributed by atoms with E-state index in [1.54, 1.807) is 16.9 Å². The van der Waals surface area contributed by atoms with Crippen LogP contribution in [0, 0.1) is 0 Å². The van der Waals surface area contributed by atoms with Gasteiger partial charge in [0, 0.05) is 36.2 Å². The number of rotatable bonds is 5. The van der Waals surface area contributed by atoms with Gasteiger partial charge < -0.3 is 11.1 Å². The van der Waals surface area contributed by atoms with Crippen molar-refractivity contribution in [3.8, 4) is 0 Å². The molecule has 0 bridgehead atoms. The molecule has 3 rings (SSSR count). The fourth-order valence-electron chi connectivity index (χ4n) is 3.13. The number of carbonyl (C=O) groups is 2. The Morgan fingerprint density at radius 1 is 1.27 bits per heavy atom. The Hall–Kier alpha value is -2.19. The minimum atomic E-state index is -0.497. The molecule has 2 amide bonds. The van der Waals surface area contributed by atoms with Gasteiger partial charge >= 0.3 is 0 Å². The number of nitrogens with one attached hydrogen (secondary N) is 1. The van der Waals surface area contributed by atoms with Crippen molar-refractivity contribution in [2.45, 2.75) is 52.7 Å². The predicted molar refractivity (Wildman–Crippen MR) is 103 cm³/mol. The summed E-state index contributed by atoms with van der Waals surface area (Å²) in [5, 5.41) is 7.65. The maximum absolute atomic E-state index is 12.6. The molecule has 1 aliphatic heterocycles. The van der Waals surface area contributed by atoms with E-state index in [9.17, 15) is 9.59 Å². The first-order valence-corrected chi connectivity index (χ1v) is 9.64. The summed E-state index contributed by atoms with van der Waals surface area (Å²) in [7, 11) is 0. The molecule has 2 aromatic heterocycles. The summed E-state index contributed by atoms with van der Waals surface area (Å²) in [5.41, 5.74) is 7.37. The van der Waals surface area contributed by atoms with Crippen LogP contribution in [0.3, 0.4) is 0 Å². The van der Waals surface area contributed by atoms with E-state index in [-0.39, 0.29) is 11.9 Å². The van der Waals surface area contributed by atoms with Crippen LogP contribution >= 0.6 is 11.3 Å². The lowest BCUT2D eigenvalue weighted by Gasteiger charge is -2.30. The van der Waals surface area contributed by atoms with Crippen molar-refractivity contribution in [1.82, 2.24) is 14.7 Å². The molecule has 26 heavy (non-hydrogen) atoms. The van der Waals surface area contributed by atoms with Gasteiger partial charge in [0.1, 0.15) is 5.00 Å². The number of anilines is 1. The van der Waals surface area contributed by atoms with Crippen molar-refractivity contribution in [3.63, 3.8) is 0 Å². The number of nitrogens with zero attached hydrogens (tertiary/aromatic N) is 3. The molecule has 140 valence electrons. The fraction of sp³-hybridized carbons (Fsp3) is 0.500. The molecule has 3 heterocycles. The Morgan fingerprint density at radius 2 is 2.00 bits per heavy atom. The Bertz CT molecular complexity index is 837. The van der Waals surface area contributed by atoms with Crippen LogP contribution in [0.4, 0.5) is 5.00 Å². The first-order chi connectivity index (χ1) is 12.3. The molecule has 0 aromatic carbocycles. The van der Waals surface area contributed by atoms with Crippen molar-refractivity contribution in [3.05, 3.63) is 34.0 Å². The van der Waals surface area contributed by atoms with E-state index in [4.69, 9.17) is 5.73 Å². The third-order valence-corrected chi connectivity index (χ3v) is 5.79. The summed E-state index contributed by atoms with van der Waals surface area (Å²) in [5.74, 6) is -0.824. The molecule has 8 heteroatoms. The van der Waals surface area contributed by atoms with Gasteiger partial charge in [-0.05, 0) is 45.7 Å². The van der Waals surface area contributed by atoms with E-state index >= 15 is 0 Å². The molecular formula is C18H25N5O2S. The number of hydrogen-bond donors (Lipinski definition) is 2. The number of thiophene rings is 1.